The molecule has 18 heavy (non-hydrogen) atoms. The maximum Gasteiger partial charge on any atom is 0.169 e. The summed E-state index contributed by atoms with van der Waals surface area (Å²) in [7, 11) is 0. The van der Waals surface area contributed by atoms with Crippen molar-refractivity contribution in [3.63, 3.8) is 0 Å². The summed E-state index contributed by atoms with van der Waals surface area (Å²) in [6, 6.07) is 4.14. The van der Waals surface area contributed by atoms with Gasteiger partial charge in [0.25, 0.3) is 0 Å². The van der Waals surface area contributed by atoms with Crippen molar-refractivity contribution in [1.82, 2.24) is 4.98 Å². The molecule has 3 N–H and O–H groups in total. The lowest BCUT2D eigenvalue weighted by Gasteiger charge is -2.08. The van der Waals surface area contributed by atoms with Crippen molar-refractivity contribution in [2.75, 3.05) is 11.1 Å². The van der Waals surface area contributed by atoms with E-state index in [1.807, 2.05) is 0 Å². The predicted octanol–water partition coefficient (Wildman–Crippen LogP) is 3.48. The minimum absolute atomic E-state index is 0.132. The van der Waals surface area contributed by atoms with Crippen LogP contribution in [0.1, 0.15) is 0 Å². The number of anilines is 3. The van der Waals surface area contributed by atoms with Gasteiger partial charge in [0, 0.05) is 16.8 Å². The average molecular weight is 274 g/mol. The Hall–Kier alpha value is -1.95. The molecule has 2 rings (SSSR count). The van der Waals surface area contributed by atoms with Crippen molar-refractivity contribution < 1.29 is 13.2 Å². The van der Waals surface area contributed by atoms with Gasteiger partial charge in [0.2, 0.25) is 0 Å². The highest BCUT2D eigenvalue weighted by molar-refractivity contribution is 6.30. The first-order valence-electron chi connectivity index (χ1n) is 4.80. The molecule has 0 radical (unpaired) electrons. The molecular weight excluding hydrogens is 267 g/mol. The van der Waals surface area contributed by atoms with Crippen LogP contribution in [0.2, 0.25) is 5.02 Å². The Morgan fingerprint density at radius 2 is 1.78 bits per heavy atom. The van der Waals surface area contributed by atoms with Crippen molar-refractivity contribution in [3.8, 4) is 0 Å². The smallest absolute Gasteiger partial charge is 0.169 e. The number of rotatable bonds is 2. The SMILES string of the molecule is Nc1nc(Nc2cc(F)cc(Cl)c2)c(F)cc1F. The van der Waals surface area contributed by atoms with E-state index in [-0.39, 0.29) is 16.5 Å². The number of halogens is 4. The molecule has 1 heterocycles. The molecule has 7 heteroatoms. The lowest BCUT2D eigenvalue weighted by Crippen LogP contribution is -2.03. The molecule has 0 saturated carbocycles. The zero-order chi connectivity index (χ0) is 13.3. The van der Waals surface area contributed by atoms with Crippen molar-refractivity contribution in [2.45, 2.75) is 0 Å². The molecule has 0 fully saturated rings. The average Bonchev–Trinajstić information content (AvgIpc) is 2.24. The van der Waals surface area contributed by atoms with Gasteiger partial charge < -0.3 is 11.1 Å². The first-order valence-corrected chi connectivity index (χ1v) is 5.18. The van der Waals surface area contributed by atoms with Crippen LogP contribution in [0, 0.1) is 17.5 Å². The van der Waals surface area contributed by atoms with Crippen LogP contribution >= 0.6 is 11.6 Å². The molecule has 0 spiro atoms. The summed E-state index contributed by atoms with van der Waals surface area (Å²) < 4.78 is 39.3. The van der Waals surface area contributed by atoms with E-state index in [2.05, 4.69) is 10.3 Å². The molecule has 0 aliphatic rings. The molecule has 0 amide bonds. The molecule has 94 valence electrons. The van der Waals surface area contributed by atoms with Crippen molar-refractivity contribution in [3.05, 3.63) is 46.7 Å². The number of nitrogens with one attached hydrogen (secondary N) is 1. The fourth-order valence-electron chi connectivity index (χ4n) is 1.33. The van der Waals surface area contributed by atoms with Crippen LogP contribution in [0.3, 0.4) is 0 Å². The highest BCUT2D eigenvalue weighted by atomic mass is 35.5. The molecule has 0 saturated heterocycles. The first-order chi connectivity index (χ1) is 8.45. The third-order valence-corrected chi connectivity index (χ3v) is 2.30. The number of hydrogen-bond donors (Lipinski definition) is 2. The van der Waals surface area contributed by atoms with Crippen LogP contribution in [0.5, 0.6) is 0 Å². The molecule has 0 bridgehead atoms. The largest absolute Gasteiger partial charge is 0.381 e. The summed E-state index contributed by atoms with van der Waals surface area (Å²) >= 11 is 5.63. The maximum absolute atomic E-state index is 13.4. The second kappa shape index (κ2) is 4.73. The molecule has 0 unspecified atom stereocenters. The van der Waals surface area contributed by atoms with E-state index >= 15 is 0 Å². The number of benzene rings is 1. The summed E-state index contributed by atoms with van der Waals surface area (Å²) in [5, 5.41) is 2.60. The molecule has 1 aromatic heterocycles. The van der Waals surface area contributed by atoms with Gasteiger partial charge in [0.1, 0.15) is 5.82 Å². The zero-order valence-electron chi connectivity index (χ0n) is 8.85. The Morgan fingerprint density at radius 3 is 2.44 bits per heavy atom. The topological polar surface area (TPSA) is 50.9 Å². The summed E-state index contributed by atoms with van der Waals surface area (Å²) in [4.78, 5) is 3.48. The molecule has 0 atom stereocenters. The number of nitrogen functional groups attached to an aromatic ring is 1. The molecule has 1 aromatic carbocycles. The molecule has 0 aliphatic carbocycles. The van der Waals surface area contributed by atoms with E-state index < -0.39 is 23.3 Å². The minimum Gasteiger partial charge on any atom is -0.381 e. The van der Waals surface area contributed by atoms with Crippen molar-refractivity contribution >= 4 is 28.9 Å². The molecule has 0 aliphatic heterocycles. The standard InChI is InChI=1S/C11H7ClF3N3/c12-5-1-6(13)3-7(2-5)17-11-9(15)4-8(14)10(16)18-11/h1-4H,(H3,16,17,18). The number of nitrogens with zero attached hydrogens (tertiary/aromatic N) is 1. The quantitative estimate of drug-likeness (QED) is 0.881. The molecular formula is C11H7ClF3N3. The number of nitrogens with two attached hydrogens (primary N) is 1. The van der Waals surface area contributed by atoms with Gasteiger partial charge in [0.05, 0.1) is 0 Å². The summed E-state index contributed by atoms with van der Waals surface area (Å²) in [5.74, 6) is -3.27. The van der Waals surface area contributed by atoms with Gasteiger partial charge in [0.15, 0.2) is 23.3 Å². The Balaban J connectivity index is 2.36. The zero-order valence-corrected chi connectivity index (χ0v) is 9.60. The third kappa shape index (κ3) is 2.65. The van der Waals surface area contributed by atoms with Crippen LogP contribution in [-0.2, 0) is 0 Å². The van der Waals surface area contributed by atoms with E-state index in [9.17, 15) is 13.2 Å². The van der Waals surface area contributed by atoms with Crippen LogP contribution in [0.25, 0.3) is 0 Å². The number of pyridine rings is 1. The van der Waals surface area contributed by atoms with E-state index in [4.69, 9.17) is 17.3 Å². The van der Waals surface area contributed by atoms with Gasteiger partial charge in [-0.1, -0.05) is 11.6 Å². The van der Waals surface area contributed by atoms with E-state index in [1.54, 1.807) is 0 Å². The Labute approximate surface area is 105 Å². The minimum atomic E-state index is -0.963. The normalized spacial score (nSPS) is 10.4. The van der Waals surface area contributed by atoms with Gasteiger partial charge in [-0.15, -0.1) is 0 Å². The molecule has 3 nitrogen and oxygen atoms in total. The van der Waals surface area contributed by atoms with Gasteiger partial charge in [-0.3, -0.25) is 0 Å². The van der Waals surface area contributed by atoms with Crippen LogP contribution in [0.4, 0.5) is 30.5 Å². The van der Waals surface area contributed by atoms with Gasteiger partial charge in [-0.25, -0.2) is 18.2 Å². The fraction of sp³-hybridized carbons (Fsp3) is 0. The van der Waals surface area contributed by atoms with Gasteiger partial charge >= 0.3 is 0 Å². The Kier molecular flexibility index (Phi) is 3.29. The fourth-order valence-corrected chi connectivity index (χ4v) is 1.55. The maximum atomic E-state index is 13.4. The van der Waals surface area contributed by atoms with E-state index in [0.717, 1.165) is 12.1 Å². The predicted molar refractivity (Wildman–Crippen MR) is 63.3 cm³/mol. The number of hydrogen-bond acceptors (Lipinski definition) is 3. The summed E-state index contributed by atoms with van der Waals surface area (Å²) in [5.41, 5.74) is 5.39. The van der Waals surface area contributed by atoms with Crippen LogP contribution in [0.15, 0.2) is 24.3 Å². The first kappa shape index (κ1) is 12.5. The lowest BCUT2D eigenvalue weighted by atomic mass is 10.3. The Bertz CT molecular complexity index is 584. The monoisotopic (exact) mass is 273 g/mol. The number of aromatic nitrogens is 1. The Morgan fingerprint density at radius 1 is 1.06 bits per heavy atom. The molecule has 2 aromatic rings. The summed E-state index contributed by atoms with van der Waals surface area (Å²) in [6.07, 6.45) is 0. The second-order valence-corrected chi connectivity index (χ2v) is 3.91. The van der Waals surface area contributed by atoms with Crippen molar-refractivity contribution in [2.24, 2.45) is 0 Å². The van der Waals surface area contributed by atoms with Crippen LogP contribution < -0.4 is 11.1 Å². The third-order valence-electron chi connectivity index (χ3n) is 2.08. The lowest BCUT2D eigenvalue weighted by molar-refractivity contribution is 0.580. The summed E-state index contributed by atoms with van der Waals surface area (Å²) in [6.45, 7) is 0. The van der Waals surface area contributed by atoms with Gasteiger partial charge in [-0.05, 0) is 18.2 Å². The highest BCUT2D eigenvalue weighted by Crippen LogP contribution is 2.24. The van der Waals surface area contributed by atoms with Crippen LogP contribution in [-0.4, -0.2) is 4.98 Å². The highest BCUT2D eigenvalue weighted by Gasteiger charge is 2.10. The second-order valence-electron chi connectivity index (χ2n) is 3.47. The van der Waals surface area contributed by atoms with Crippen molar-refractivity contribution in [1.29, 1.82) is 0 Å². The van der Waals surface area contributed by atoms with Gasteiger partial charge in [-0.2, -0.15) is 0 Å². The van der Waals surface area contributed by atoms with E-state index in [0.29, 0.717) is 6.07 Å². The van der Waals surface area contributed by atoms with E-state index in [1.165, 1.54) is 6.07 Å².